The molecular formula is C11H7F3O. The quantitative estimate of drug-likeness (QED) is 0.654. The third-order valence-electron chi connectivity index (χ3n) is 2.42. The highest BCUT2D eigenvalue weighted by Gasteiger charge is 2.31. The van der Waals surface area contributed by atoms with E-state index in [1.165, 1.54) is 6.07 Å². The number of halogens is 3. The zero-order chi connectivity index (χ0) is 11.1. The molecule has 0 saturated heterocycles. The van der Waals surface area contributed by atoms with Crippen molar-refractivity contribution in [3.05, 3.63) is 41.0 Å². The first-order chi connectivity index (χ1) is 7.02. The fraction of sp³-hybridized carbons (Fsp3) is 0.182. The van der Waals surface area contributed by atoms with E-state index in [0.717, 1.165) is 17.7 Å². The molecule has 15 heavy (non-hydrogen) atoms. The Bertz CT molecular complexity index is 444. The van der Waals surface area contributed by atoms with E-state index in [-0.39, 0.29) is 0 Å². The maximum atomic E-state index is 12.4. The molecule has 0 unspecified atom stereocenters. The summed E-state index contributed by atoms with van der Waals surface area (Å²) >= 11 is 0. The molecule has 0 saturated carbocycles. The molecular weight excluding hydrogens is 205 g/mol. The number of carbonyl (C=O) groups is 1. The van der Waals surface area contributed by atoms with Gasteiger partial charge >= 0.3 is 6.18 Å². The second-order valence-corrected chi connectivity index (χ2v) is 3.35. The molecule has 1 aromatic carbocycles. The van der Waals surface area contributed by atoms with Gasteiger partial charge in [0.25, 0.3) is 0 Å². The molecule has 0 fully saturated rings. The van der Waals surface area contributed by atoms with Crippen molar-refractivity contribution in [2.24, 2.45) is 0 Å². The average Bonchev–Trinajstić information content (AvgIpc) is 2.57. The SMILES string of the molecule is O=CC1=CCc2ccc(C(F)(F)F)cc21. The van der Waals surface area contributed by atoms with Crippen LogP contribution in [0.3, 0.4) is 0 Å². The van der Waals surface area contributed by atoms with Crippen LogP contribution in [0.1, 0.15) is 16.7 Å². The van der Waals surface area contributed by atoms with Crippen LogP contribution in [0.25, 0.3) is 5.57 Å². The fourth-order valence-corrected chi connectivity index (χ4v) is 1.64. The third kappa shape index (κ3) is 1.67. The van der Waals surface area contributed by atoms with E-state index >= 15 is 0 Å². The van der Waals surface area contributed by atoms with E-state index in [0.29, 0.717) is 23.8 Å². The molecule has 78 valence electrons. The van der Waals surface area contributed by atoms with Crippen LogP contribution in [-0.4, -0.2) is 6.29 Å². The summed E-state index contributed by atoms with van der Waals surface area (Å²) in [4.78, 5) is 10.6. The Kier molecular flexibility index (Phi) is 2.14. The minimum atomic E-state index is -4.36. The number of rotatable bonds is 1. The second kappa shape index (κ2) is 3.22. The van der Waals surface area contributed by atoms with Crippen molar-refractivity contribution in [1.29, 1.82) is 0 Å². The Morgan fingerprint density at radius 1 is 1.27 bits per heavy atom. The lowest BCUT2D eigenvalue weighted by Crippen LogP contribution is -2.05. The van der Waals surface area contributed by atoms with E-state index < -0.39 is 11.7 Å². The van der Waals surface area contributed by atoms with Crippen LogP contribution in [0.15, 0.2) is 24.3 Å². The van der Waals surface area contributed by atoms with Crippen molar-refractivity contribution in [1.82, 2.24) is 0 Å². The smallest absolute Gasteiger partial charge is 0.298 e. The number of allylic oxidation sites excluding steroid dienone is 2. The fourth-order valence-electron chi connectivity index (χ4n) is 1.64. The van der Waals surface area contributed by atoms with Gasteiger partial charge in [0, 0.05) is 5.57 Å². The molecule has 0 heterocycles. The largest absolute Gasteiger partial charge is 0.416 e. The van der Waals surface area contributed by atoms with Crippen LogP contribution in [0.4, 0.5) is 13.2 Å². The molecule has 0 aliphatic heterocycles. The lowest BCUT2D eigenvalue weighted by Gasteiger charge is -2.08. The number of aldehydes is 1. The van der Waals surface area contributed by atoms with Gasteiger partial charge in [-0.2, -0.15) is 13.2 Å². The minimum absolute atomic E-state index is 0.344. The summed E-state index contributed by atoms with van der Waals surface area (Å²) in [5, 5.41) is 0. The van der Waals surface area contributed by atoms with Crippen molar-refractivity contribution in [3.63, 3.8) is 0 Å². The van der Waals surface area contributed by atoms with Gasteiger partial charge < -0.3 is 0 Å². The summed E-state index contributed by atoms with van der Waals surface area (Å²) in [6.45, 7) is 0. The first kappa shape index (κ1) is 9.96. The highest BCUT2D eigenvalue weighted by Crippen LogP contribution is 2.34. The predicted molar refractivity (Wildman–Crippen MR) is 49.2 cm³/mol. The van der Waals surface area contributed by atoms with E-state index in [1.54, 1.807) is 6.08 Å². The van der Waals surface area contributed by atoms with Crippen molar-refractivity contribution >= 4 is 11.9 Å². The molecule has 0 spiro atoms. The summed E-state index contributed by atoms with van der Waals surface area (Å²) in [7, 11) is 0. The summed E-state index contributed by atoms with van der Waals surface area (Å²) in [6, 6.07) is 3.49. The molecule has 2 rings (SSSR count). The summed E-state index contributed by atoms with van der Waals surface area (Å²) in [6.07, 6.45) is -1.60. The van der Waals surface area contributed by atoms with Gasteiger partial charge in [0.1, 0.15) is 6.29 Å². The Labute approximate surface area is 84.2 Å². The number of fused-ring (bicyclic) bond motifs is 1. The summed E-state index contributed by atoms with van der Waals surface area (Å²) < 4.78 is 37.1. The maximum absolute atomic E-state index is 12.4. The summed E-state index contributed by atoms with van der Waals surface area (Å²) in [5.41, 5.74) is 0.803. The average molecular weight is 212 g/mol. The summed E-state index contributed by atoms with van der Waals surface area (Å²) in [5.74, 6) is 0. The van der Waals surface area contributed by atoms with Crippen molar-refractivity contribution in [2.45, 2.75) is 12.6 Å². The van der Waals surface area contributed by atoms with Gasteiger partial charge in [-0.15, -0.1) is 0 Å². The van der Waals surface area contributed by atoms with E-state index in [9.17, 15) is 18.0 Å². The Morgan fingerprint density at radius 3 is 2.60 bits per heavy atom. The number of alkyl halides is 3. The van der Waals surface area contributed by atoms with Crippen LogP contribution in [0, 0.1) is 0 Å². The zero-order valence-corrected chi connectivity index (χ0v) is 7.64. The van der Waals surface area contributed by atoms with Crippen LogP contribution < -0.4 is 0 Å². The van der Waals surface area contributed by atoms with Gasteiger partial charge in [-0.1, -0.05) is 12.1 Å². The maximum Gasteiger partial charge on any atom is 0.416 e. The second-order valence-electron chi connectivity index (χ2n) is 3.35. The van der Waals surface area contributed by atoms with Crippen LogP contribution in [0.2, 0.25) is 0 Å². The molecule has 1 aliphatic rings. The minimum Gasteiger partial charge on any atom is -0.298 e. The molecule has 1 aliphatic carbocycles. The molecule has 0 radical (unpaired) electrons. The van der Waals surface area contributed by atoms with Gasteiger partial charge in [-0.3, -0.25) is 4.79 Å². The van der Waals surface area contributed by atoms with E-state index in [1.807, 2.05) is 0 Å². The number of carbonyl (C=O) groups excluding carboxylic acids is 1. The molecule has 4 heteroatoms. The van der Waals surface area contributed by atoms with Crippen molar-refractivity contribution in [2.75, 3.05) is 0 Å². The highest BCUT2D eigenvalue weighted by atomic mass is 19.4. The first-order valence-corrected chi connectivity index (χ1v) is 4.38. The monoisotopic (exact) mass is 212 g/mol. The number of benzene rings is 1. The van der Waals surface area contributed by atoms with Crippen molar-refractivity contribution < 1.29 is 18.0 Å². The number of hydrogen-bond acceptors (Lipinski definition) is 1. The highest BCUT2D eigenvalue weighted by molar-refractivity contribution is 6.09. The van der Waals surface area contributed by atoms with E-state index in [2.05, 4.69) is 0 Å². The molecule has 0 amide bonds. The molecule has 1 nitrogen and oxygen atoms in total. The normalized spacial score (nSPS) is 14.7. The van der Waals surface area contributed by atoms with Gasteiger partial charge in [0.2, 0.25) is 0 Å². The molecule has 0 aromatic heterocycles. The zero-order valence-electron chi connectivity index (χ0n) is 7.64. The van der Waals surface area contributed by atoms with Crippen molar-refractivity contribution in [3.8, 4) is 0 Å². The molecule has 0 bridgehead atoms. The van der Waals surface area contributed by atoms with Crippen LogP contribution in [-0.2, 0) is 17.4 Å². The Morgan fingerprint density at radius 2 is 2.00 bits per heavy atom. The molecule has 0 atom stereocenters. The van der Waals surface area contributed by atoms with Crippen LogP contribution >= 0.6 is 0 Å². The molecule has 0 N–H and O–H groups in total. The lowest BCUT2D eigenvalue weighted by atomic mass is 10.0. The first-order valence-electron chi connectivity index (χ1n) is 4.38. The van der Waals surface area contributed by atoms with Crippen LogP contribution in [0.5, 0.6) is 0 Å². The number of hydrogen-bond donors (Lipinski definition) is 0. The lowest BCUT2D eigenvalue weighted by molar-refractivity contribution is -0.137. The topological polar surface area (TPSA) is 17.1 Å². The third-order valence-corrected chi connectivity index (χ3v) is 2.42. The Balaban J connectivity index is 2.51. The van der Waals surface area contributed by atoms with Gasteiger partial charge in [0.15, 0.2) is 0 Å². The predicted octanol–water partition coefficient (Wildman–Crippen LogP) is 2.84. The molecule has 1 aromatic rings. The van der Waals surface area contributed by atoms with Gasteiger partial charge in [-0.05, 0) is 29.7 Å². The standard InChI is InChI=1S/C11H7F3O/c12-11(13,14)9-4-3-7-1-2-8(6-15)10(7)5-9/h2-6H,1H2. The van der Waals surface area contributed by atoms with Gasteiger partial charge in [-0.25, -0.2) is 0 Å². The Hall–Kier alpha value is -1.58. The van der Waals surface area contributed by atoms with Gasteiger partial charge in [0.05, 0.1) is 5.56 Å². The van der Waals surface area contributed by atoms with E-state index in [4.69, 9.17) is 0 Å².